The third kappa shape index (κ3) is 4.38. The molecule has 1 N–H and O–H groups in total. The molecule has 0 radical (unpaired) electrons. The smallest absolute Gasteiger partial charge is 0.338 e. The van der Waals surface area contributed by atoms with Crippen LogP contribution in [0.15, 0.2) is 23.1 Å². The van der Waals surface area contributed by atoms with Crippen LogP contribution in [0, 0.1) is 0 Å². The number of thioether (sulfide) groups is 1. The standard InChI is InChI=1S/C19H24N2O4S/c1-2-21(14-6-4-3-5-7-14)18(23)11-25-19(24)13-8-9-16-15(10-13)20-17(22)12-26-16/h8-10,14H,2-7,11-12H2,1H3,(H,20,22). The molecule has 0 aromatic heterocycles. The molecule has 1 aliphatic heterocycles. The molecule has 2 amide bonds. The van der Waals surface area contributed by atoms with E-state index in [1.165, 1.54) is 18.2 Å². The van der Waals surface area contributed by atoms with Crippen LogP contribution in [0.25, 0.3) is 0 Å². The van der Waals surface area contributed by atoms with E-state index in [0.29, 0.717) is 23.5 Å². The van der Waals surface area contributed by atoms with Crippen LogP contribution in [0.2, 0.25) is 0 Å². The van der Waals surface area contributed by atoms with Gasteiger partial charge in [0.2, 0.25) is 5.91 Å². The fraction of sp³-hybridized carbons (Fsp3) is 0.526. The summed E-state index contributed by atoms with van der Waals surface area (Å²) >= 11 is 1.43. The fourth-order valence-corrected chi connectivity index (χ4v) is 4.32. The quantitative estimate of drug-likeness (QED) is 0.800. The summed E-state index contributed by atoms with van der Waals surface area (Å²) in [5.41, 5.74) is 0.949. The molecule has 1 heterocycles. The first kappa shape index (κ1) is 18.8. The van der Waals surface area contributed by atoms with Crippen LogP contribution in [-0.4, -0.2) is 47.6 Å². The van der Waals surface area contributed by atoms with E-state index in [-0.39, 0.29) is 24.5 Å². The summed E-state index contributed by atoms with van der Waals surface area (Å²) in [6, 6.07) is 5.31. The number of amides is 2. The molecular weight excluding hydrogens is 352 g/mol. The van der Waals surface area contributed by atoms with Crippen LogP contribution in [0.4, 0.5) is 5.69 Å². The molecule has 1 aliphatic carbocycles. The molecule has 1 saturated carbocycles. The molecule has 140 valence electrons. The number of nitrogens with zero attached hydrogens (tertiary/aromatic N) is 1. The maximum atomic E-state index is 12.5. The number of hydrogen-bond acceptors (Lipinski definition) is 5. The molecule has 1 fully saturated rings. The Labute approximate surface area is 157 Å². The van der Waals surface area contributed by atoms with Gasteiger partial charge in [-0.25, -0.2) is 4.79 Å². The topological polar surface area (TPSA) is 75.7 Å². The maximum absolute atomic E-state index is 12.5. The zero-order valence-electron chi connectivity index (χ0n) is 15.0. The minimum Gasteiger partial charge on any atom is -0.452 e. The highest BCUT2D eigenvalue weighted by Gasteiger charge is 2.25. The van der Waals surface area contributed by atoms with E-state index in [4.69, 9.17) is 4.74 Å². The Balaban J connectivity index is 1.58. The van der Waals surface area contributed by atoms with Gasteiger partial charge in [0.05, 0.1) is 17.0 Å². The van der Waals surface area contributed by atoms with E-state index >= 15 is 0 Å². The normalized spacial score (nSPS) is 17.2. The number of hydrogen-bond donors (Lipinski definition) is 1. The van der Waals surface area contributed by atoms with Crippen molar-refractivity contribution in [3.05, 3.63) is 23.8 Å². The zero-order chi connectivity index (χ0) is 18.5. The maximum Gasteiger partial charge on any atom is 0.338 e. The summed E-state index contributed by atoms with van der Waals surface area (Å²) in [7, 11) is 0. The number of likely N-dealkylation sites (N-methyl/N-ethyl adjacent to an activating group) is 1. The number of benzene rings is 1. The lowest BCUT2D eigenvalue weighted by Gasteiger charge is -2.33. The van der Waals surface area contributed by atoms with Crippen molar-refractivity contribution in [2.75, 3.05) is 24.2 Å². The fourth-order valence-electron chi connectivity index (χ4n) is 3.53. The van der Waals surface area contributed by atoms with Crippen molar-refractivity contribution in [3.63, 3.8) is 0 Å². The van der Waals surface area contributed by atoms with Crippen molar-refractivity contribution in [2.24, 2.45) is 0 Å². The van der Waals surface area contributed by atoms with Crippen LogP contribution in [-0.2, 0) is 14.3 Å². The Morgan fingerprint density at radius 1 is 1.27 bits per heavy atom. The molecule has 7 heteroatoms. The minimum atomic E-state index is -0.550. The van der Waals surface area contributed by atoms with Gasteiger partial charge in [0.25, 0.3) is 5.91 Å². The van der Waals surface area contributed by atoms with Crippen LogP contribution in [0.5, 0.6) is 0 Å². The van der Waals surface area contributed by atoms with E-state index in [2.05, 4.69) is 5.32 Å². The first-order valence-electron chi connectivity index (χ1n) is 9.11. The van der Waals surface area contributed by atoms with Gasteiger partial charge in [0, 0.05) is 17.5 Å². The summed E-state index contributed by atoms with van der Waals surface area (Å²) in [5, 5.41) is 2.75. The number of anilines is 1. The SMILES string of the molecule is CCN(C(=O)COC(=O)c1ccc2c(c1)NC(=O)CS2)C1CCCCC1. The molecule has 0 unspecified atom stereocenters. The number of esters is 1. The van der Waals surface area contributed by atoms with Crippen LogP contribution in [0.3, 0.4) is 0 Å². The van der Waals surface area contributed by atoms with Crippen LogP contribution >= 0.6 is 11.8 Å². The summed E-state index contributed by atoms with van der Waals surface area (Å²) in [4.78, 5) is 39.0. The van der Waals surface area contributed by atoms with Crippen molar-refractivity contribution >= 4 is 35.2 Å². The number of nitrogens with one attached hydrogen (secondary N) is 1. The zero-order valence-corrected chi connectivity index (χ0v) is 15.8. The first-order valence-corrected chi connectivity index (χ1v) is 10.1. The van der Waals surface area contributed by atoms with Crippen LogP contribution < -0.4 is 5.32 Å². The molecule has 6 nitrogen and oxygen atoms in total. The largest absolute Gasteiger partial charge is 0.452 e. The van der Waals surface area contributed by atoms with E-state index < -0.39 is 5.97 Å². The second-order valence-electron chi connectivity index (χ2n) is 6.60. The molecule has 0 spiro atoms. The Kier molecular flexibility index (Phi) is 6.19. The number of rotatable bonds is 5. The van der Waals surface area contributed by atoms with Gasteiger partial charge in [0.1, 0.15) is 0 Å². The van der Waals surface area contributed by atoms with Gasteiger partial charge in [-0.2, -0.15) is 0 Å². The summed E-state index contributed by atoms with van der Waals surface area (Å²) < 4.78 is 5.23. The minimum absolute atomic E-state index is 0.0886. The van der Waals surface area contributed by atoms with Gasteiger partial charge in [-0.1, -0.05) is 19.3 Å². The van der Waals surface area contributed by atoms with Gasteiger partial charge >= 0.3 is 5.97 Å². The number of ether oxygens (including phenoxy) is 1. The number of carbonyl (C=O) groups is 3. The summed E-state index contributed by atoms with van der Waals surface area (Å²) in [5.74, 6) is -0.409. The van der Waals surface area contributed by atoms with Gasteiger partial charge in [0.15, 0.2) is 6.61 Å². The van der Waals surface area contributed by atoms with E-state index in [1.807, 2.05) is 11.8 Å². The summed E-state index contributed by atoms with van der Waals surface area (Å²) in [6.45, 7) is 2.34. The molecule has 3 rings (SSSR count). The van der Waals surface area contributed by atoms with Crippen molar-refractivity contribution in [1.29, 1.82) is 0 Å². The number of fused-ring (bicyclic) bond motifs is 1. The highest BCUT2D eigenvalue weighted by atomic mass is 32.2. The molecular formula is C19H24N2O4S. The monoisotopic (exact) mass is 376 g/mol. The highest BCUT2D eigenvalue weighted by molar-refractivity contribution is 8.00. The van der Waals surface area contributed by atoms with Gasteiger partial charge in [-0.05, 0) is 38.0 Å². The molecule has 1 aromatic rings. The number of carbonyl (C=O) groups excluding carboxylic acids is 3. The van der Waals surface area contributed by atoms with Crippen molar-refractivity contribution in [3.8, 4) is 0 Å². The van der Waals surface area contributed by atoms with Gasteiger partial charge in [-0.3, -0.25) is 9.59 Å². The Morgan fingerprint density at radius 2 is 2.04 bits per heavy atom. The van der Waals surface area contributed by atoms with Gasteiger partial charge < -0.3 is 15.0 Å². The second kappa shape index (κ2) is 8.58. The predicted molar refractivity (Wildman–Crippen MR) is 100 cm³/mol. The third-order valence-electron chi connectivity index (χ3n) is 4.85. The van der Waals surface area contributed by atoms with Gasteiger partial charge in [-0.15, -0.1) is 11.8 Å². The van der Waals surface area contributed by atoms with Crippen LogP contribution in [0.1, 0.15) is 49.4 Å². The molecule has 2 aliphatic rings. The Hall–Kier alpha value is -2.02. The molecule has 1 aromatic carbocycles. The Morgan fingerprint density at radius 3 is 2.77 bits per heavy atom. The highest BCUT2D eigenvalue weighted by Crippen LogP contribution is 2.32. The molecule has 26 heavy (non-hydrogen) atoms. The lowest BCUT2D eigenvalue weighted by atomic mass is 9.94. The Bertz CT molecular complexity index is 701. The lowest BCUT2D eigenvalue weighted by molar-refractivity contribution is -0.137. The van der Waals surface area contributed by atoms with E-state index in [9.17, 15) is 14.4 Å². The molecule has 0 bridgehead atoms. The average molecular weight is 376 g/mol. The van der Waals surface area contributed by atoms with E-state index in [1.54, 1.807) is 18.2 Å². The lowest BCUT2D eigenvalue weighted by Crippen LogP contribution is -2.43. The first-order chi connectivity index (χ1) is 12.6. The van der Waals surface area contributed by atoms with E-state index in [0.717, 1.165) is 30.6 Å². The predicted octanol–water partition coefficient (Wildman–Crippen LogP) is 3.07. The molecule has 0 atom stereocenters. The van der Waals surface area contributed by atoms with Crippen molar-refractivity contribution in [2.45, 2.75) is 50.0 Å². The van der Waals surface area contributed by atoms with Crippen molar-refractivity contribution < 1.29 is 19.1 Å². The average Bonchev–Trinajstić information content (AvgIpc) is 2.67. The summed E-state index contributed by atoms with van der Waals surface area (Å²) in [6.07, 6.45) is 5.57. The third-order valence-corrected chi connectivity index (χ3v) is 5.92. The van der Waals surface area contributed by atoms with Crippen molar-refractivity contribution in [1.82, 2.24) is 4.90 Å². The second-order valence-corrected chi connectivity index (χ2v) is 7.61. The molecule has 0 saturated heterocycles.